The predicted molar refractivity (Wildman–Crippen MR) is 118 cm³/mol. The third-order valence-corrected chi connectivity index (χ3v) is 8.17. The van der Waals surface area contributed by atoms with E-state index in [1.165, 1.54) is 0 Å². The molecule has 2 fully saturated rings. The van der Waals surface area contributed by atoms with Crippen molar-refractivity contribution < 1.29 is 13.2 Å². The van der Waals surface area contributed by atoms with Crippen molar-refractivity contribution in [3.05, 3.63) is 48.2 Å². The molecule has 5 rings (SSSR count). The van der Waals surface area contributed by atoms with Crippen LogP contribution in [0.2, 0.25) is 0 Å². The Balaban J connectivity index is 1.29. The number of anilines is 1. The van der Waals surface area contributed by atoms with Gasteiger partial charge in [0.1, 0.15) is 0 Å². The summed E-state index contributed by atoms with van der Waals surface area (Å²) in [5.41, 5.74) is 3.78. The Morgan fingerprint density at radius 3 is 2.58 bits per heavy atom. The molecule has 1 saturated carbocycles. The van der Waals surface area contributed by atoms with Crippen molar-refractivity contribution >= 4 is 27.3 Å². The Morgan fingerprint density at radius 2 is 1.90 bits per heavy atom. The lowest BCUT2D eigenvalue weighted by molar-refractivity contribution is -0.117. The van der Waals surface area contributed by atoms with Crippen molar-refractivity contribution in [2.45, 2.75) is 31.6 Å². The van der Waals surface area contributed by atoms with Crippen molar-refractivity contribution in [3.8, 4) is 11.1 Å². The molecule has 1 N–H and O–H groups in total. The Bertz CT molecular complexity index is 1230. The number of hydrogen-bond donors (Lipinski definition) is 1. The molecule has 0 unspecified atom stereocenters. The van der Waals surface area contributed by atoms with Gasteiger partial charge in [-0.2, -0.15) is 4.98 Å². The summed E-state index contributed by atoms with van der Waals surface area (Å²) in [6.45, 7) is 3.65. The zero-order valence-electron chi connectivity index (χ0n) is 17.4. The van der Waals surface area contributed by atoms with E-state index in [0.29, 0.717) is 24.7 Å². The number of nitrogens with zero attached hydrogens (tertiary/aromatic N) is 4. The normalized spacial score (nSPS) is 17.6. The summed E-state index contributed by atoms with van der Waals surface area (Å²) in [5, 5.41) is 6.95. The highest BCUT2D eigenvalue weighted by Crippen LogP contribution is 2.30. The molecule has 8 nitrogen and oxygen atoms in total. The summed E-state index contributed by atoms with van der Waals surface area (Å²) >= 11 is 0. The van der Waals surface area contributed by atoms with E-state index in [0.717, 1.165) is 36.1 Å². The first-order valence-electron chi connectivity index (χ1n) is 10.6. The Kier molecular flexibility index (Phi) is 5.02. The van der Waals surface area contributed by atoms with Crippen molar-refractivity contribution in [1.29, 1.82) is 0 Å². The second-order valence-electron chi connectivity index (χ2n) is 8.35. The van der Waals surface area contributed by atoms with Gasteiger partial charge in [-0.25, -0.2) is 12.9 Å². The lowest BCUT2D eigenvalue weighted by Gasteiger charge is -2.38. The van der Waals surface area contributed by atoms with Crippen LogP contribution >= 0.6 is 0 Å². The maximum Gasteiger partial charge on any atom is 0.249 e. The molecule has 3 aromatic rings. The minimum atomic E-state index is -2.94. The fourth-order valence-electron chi connectivity index (χ4n) is 3.90. The van der Waals surface area contributed by atoms with E-state index < -0.39 is 9.84 Å². The monoisotopic (exact) mass is 439 g/mol. The second-order valence-corrected chi connectivity index (χ2v) is 10.9. The SMILES string of the molecule is CCS(=O)(=O)C1CN(Cc2ccc(-c3cccn4nc(NC(=O)C5CC5)nc34)cc2)C1. The maximum atomic E-state index is 12.0. The molecule has 0 radical (unpaired) electrons. The molecular weight excluding hydrogens is 414 g/mol. The first-order valence-corrected chi connectivity index (χ1v) is 12.3. The first-order chi connectivity index (χ1) is 14.9. The third kappa shape index (κ3) is 4.07. The predicted octanol–water partition coefficient (Wildman–Crippen LogP) is 2.36. The molecule has 0 bridgehead atoms. The fourth-order valence-corrected chi connectivity index (χ4v) is 5.25. The molecule has 0 spiro atoms. The van der Waals surface area contributed by atoms with Gasteiger partial charge in [-0.15, -0.1) is 5.10 Å². The summed E-state index contributed by atoms with van der Waals surface area (Å²) in [6, 6.07) is 12.1. The Morgan fingerprint density at radius 1 is 1.16 bits per heavy atom. The number of carbonyl (C=O) groups excluding carboxylic acids is 1. The van der Waals surface area contributed by atoms with Crippen LogP contribution in [0.15, 0.2) is 42.6 Å². The molecule has 1 aliphatic carbocycles. The summed E-state index contributed by atoms with van der Waals surface area (Å²) in [5.74, 6) is 0.625. The van der Waals surface area contributed by atoms with Gasteiger partial charge in [0.2, 0.25) is 11.9 Å². The van der Waals surface area contributed by atoms with Crippen LogP contribution in [0.5, 0.6) is 0 Å². The highest BCUT2D eigenvalue weighted by Gasteiger charge is 2.35. The molecule has 31 heavy (non-hydrogen) atoms. The minimum Gasteiger partial charge on any atom is -0.296 e. The van der Waals surface area contributed by atoms with E-state index in [4.69, 9.17) is 0 Å². The van der Waals surface area contributed by atoms with Crippen molar-refractivity contribution in [2.75, 3.05) is 24.2 Å². The number of benzene rings is 1. The van der Waals surface area contributed by atoms with Gasteiger partial charge in [-0.3, -0.25) is 15.0 Å². The highest BCUT2D eigenvalue weighted by atomic mass is 32.2. The summed E-state index contributed by atoms with van der Waals surface area (Å²) in [6.07, 6.45) is 3.68. The van der Waals surface area contributed by atoms with Gasteiger partial charge >= 0.3 is 0 Å². The van der Waals surface area contributed by atoms with Gasteiger partial charge in [0.05, 0.1) is 5.25 Å². The molecule has 1 saturated heterocycles. The van der Waals surface area contributed by atoms with E-state index >= 15 is 0 Å². The quantitative estimate of drug-likeness (QED) is 0.607. The number of carbonyl (C=O) groups is 1. The summed E-state index contributed by atoms with van der Waals surface area (Å²) in [4.78, 5) is 18.7. The Hall–Kier alpha value is -2.78. The standard InChI is InChI=1S/C22H25N5O3S/c1-2-31(29,30)18-13-26(14-18)12-15-5-7-16(8-6-15)19-4-3-11-27-20(19)23-22(25-27)24-21(28)17-9-10-17/h3-8,11,17-18H,2,9-10,12-14H2,1H3,(H,24,25,28). The summed E-state index contributed by atoms with van der Waals surface area (Å²) in [7, 11) is -2.94. The van der Waals surface area contributed by atoms with Crippen LogP contribution in [0.4, 0.5) is 5.95 Å². The van der Waals surface area contributed by atoms with Crippen molar-refractivity contribution in [2.24, 2.45) is 5.92 Å². The number of aromatic nitrogens is 3. The minimum absolute atomic E-state index is 0.0122. The smallest absolute Gasteiger partial charge is 0.249 e. The molecule has 3 heterocycles. The van der Waals surface area contributed by atoms with E-state index in [9.17, 15) is 13.2 Å². The average molecular weight is 440 g/mol. The molecule has 162 valence electrons. The number of hydrogen-bond acceptors (Lipinski definition) is 6. The van der Waals surface area contributed by atoms with Crippen molar-refractivity contribution in [3.63, 3.8) is 0 Å². The van der Waals surface area contributed by atoms with Crippen LogP contribution in [0.1, 0.15) is 25.3 Å². The topological polar surface area (TPSA) is 96.7 Å². The van der Waals surface area contributed by atoms with Gasteiger partial charge in [0.25, 0.3) is 0 Å². The molecule has 1 aliphatic heterocycles. The number of nitrogens with one attached hydrogen (secondary N) is 1. The summed E-state index contributed by atoms with van der Waals surface area (Å²) < 4.78 is 25.5. The van der Waals surface area contributed by atoms with Gasteiger partial charge in [0, 0.05) is 43.1 Å². The Labute approximate surface area is 181 Å². The van der Waals surface area contributed by atoms with E-state index in [1.807, 2.05) is 30.5 Å². The highest BCUT2D eigenvalue weighted by molar-refractivity contribution is 7.92. The largest absolute Gasteiger partial charge is 0.296 e. The maximum absolute atomic E-state index is 12.0. The lowest BCUT2D eigenvalue weighted by Crippen LogP contribution is -2.54. The molecular formula is C22H25N5O3S. The van der Waals surface area contributed by atoms with Gasteiger partial charge in [-0.1, -0.05) is 31.2 Å². The van der Waals surface area contributed by atoms with Crippen LogP contribution < -0.4 is 5.32 Å². The number of pyridine rings is 1. The van der Waals surface area contributed by atoms with Crippen LogP contribution in [-0.4, -0.2) is 57.9 Å². The van der Waals surface area contributed by atoms with E-state index in [2.05, 4.69) is 32.4 Å². The van der Waals surface area contributed by atoms with E-state index in [-0.39, 0.29) is 22.8 Å². The molecule has 0 atom stereocenters. The van der Waals surface area contributed by atoms with Gasteiger partial charge in [-0.05, 0) is 36.1 Å². The van der Waals surface area contributed by atoms with Crippen molar-refractivity contribution in [1.82, 2.24) is 19.5 Å². The second kappa shape index (κ2) is 7.72. The number of sulfone groups is 1. The molecule has 2 aromatic heterocycles. The number of fused-ring (bicyclic) bond motifs is 1. The number of amides is 1. The van der Waals surface area contributed by atoms with Crippen LogP contribution in [0.3, 0.4) is 0 Å². The fraction of sp³-hybridized carbons (Fsp3) is 0.409. The number of rotatable bonds is 7. The van der Waals surface area contributed by atoms with Crippen LogP contribution in [-0.2, 0) is 21.2 Å². The third-order valence-electron chi connectivity index (χ3n) is 6.05. The number of likely N-dealkylation sites (tertiary alicyclic amines) is 1. The van der Waals surface area contributed by atoms with E-state index in [1.54, 1.807) is 11.4 Å². The molecule has 2 aliphatic rings. The molecule has 1 aromatic carbocycles. The lowest BCUT2D eigenvalue weighted by atomic mass is 10.0. The molecule has 9 heteroatoms. The zero-order valence-corrected chi connectivity index (χ0v) is 18.2. The zero-order chi connectivity index (χ0) is 21.6. The van der Waals surface area contributed by atoms with Crippen LogP contribution in [0.25, 0.3) is 16.8 Å². The molecule has 1 amide bonds. The van der Waals surface area contributed by atoms with Crippen LogP contribution in [0, 0.1) is 5.92 Å². The first kappa shape index (κ1) is 20.1. The van der Waals surface area contributed by atoms with Gasteiger partial charge < -0.3 is 0 Å². The van der Waals surface area contributed by atoms with Gasteiger partial charge in [0.15, 0.2) is 15.5 Å². The average Bonchev–Trinajstić information content (AvgIpc) is 3.50.